The van der Waals surface area contributed by atoms with E-state index in [1.165, 1.54) is 7.11 Å². The number of piperidine rings is 1. The molecule has 2 heterocycles. The largest absolute Gasteiger partial charge is 0.480 e. The Morgan fingerprint density at radius 1 is 1.61 bits per heavy atom. The molecule has 1 saturated heterocycles. The monoisotopic (exact) mass is 249 g/mol. The van der Waals surface area contributed by atoms with Crippen molar-refractivity contribution in [3.05, 3.63) is 23.9 Å². The maximum Gasteiger partial charge on any atom is 0.257 e. The van der Waals surface area contributed by atoms with Crippen molar-refractivity contribution in [2.75, 3.05) is 13.7 Å². The van der Waals surface area contributed by atoms with Crippen molar-refractivity contribution in [2.24, 2.45) is 0 Å². The number of aromatic nitrogens is 1. The Kier molecular flexibility index (Phi) is 4.15. The molecule has 0 spiro atoms. The van der Waals surface area contributed by atoms with Crippen molar-refractivity contribution in [3.63, 3.8) is 0 Å². The van der Waals surface area contributed by atoms with E-state index >= 15 is 0 Å². The lowest BCUT2D eigenvalue weighted by molar-refractivity contribution is 0.0916. The number of hydrogen-bond acceptors (Lipinski definition) is 4. The summed E-state index contributed by atoms with van der Waals surface area (Å²) in [7, 11) is 1.52. The van der Waals surface area contributed by atoms with Crippen molar-refractivity contribution >= 4 is 5.91 Å². The molecule has 0 bridgehead atoms. The molecule has 1 fully saturated rings. The highest BCUT2D eigenvalue weighted by Gasteiger charge is 2.24. The summed E-state index contributed by atoms with van der Waals surface area (Å²) in [6, 6.07) is 3.92. The molecule has 2 rings (SSSR count). The first-order chi connectivity index (χ1) is 8.72. The quantitative estimate of drug-likeness (QED) is 0.837. The van der Waals surface area contributed by atoms with Crippen LogP contribution in [0.5, 0.6) is 5.88 Å². The summed E-state index contributed by atoms with van der Waals surface area (Å²) in [6.07, 6.45) is 3.70. The molecule has 1 aromatic heterocycles. The van der Waals surface area contributed by atoms with E-state index in [-0.39, 0.29) is 11.9 Å². The van der Waals surface area contributed by atoms with Gasteiger partial charge in [-0.15, -0.1) is 0 Å². The van der Waals surface area contributed by atoms with E-state index in [2.05, 4.69) is 22.5 Å². The summed E-state index contributed by atoms with van der Waals surface area (Å²) in [5.41, 5.74) is 0.484. The third-order valence-corrected chi connectivity index (χ3v) is 3.29. The minimum Gasteiger partial charge on any atom is -0.480 e. The lowest BCUT2D eigenvalue weighted by atomic mass is 9.99. The van der Waals surface area contributed by atoms with Crippen LogP contribution in [-0.2, 0) is 0 Å². The molecule has 2 unspecified atom stereocenters. The average molecular weight is 249 g/mol. The Labute approximate surface area is 107 Å². The fraction of sp³-hybridized carbons (Fsp3) is 0.538. The Balaban J connectivity index is 2.07. The second-order valence-electron chi connectivity index (χ2n) is 4.53. The number of methoxy groups -OCH3 is 1. The predicted octanol–water partition coefficient (Wildman–Crippen LogP) is 0.960. The number of amides is 1. The fourth-order valence-corrected chi connectivity index (χ4v) is 2.21. The van der Waals surface area contributed by atoms with E-state index in [1.807, 2.05) is 0 Å². The Morgan fingerprint density at radius 3 is 3.17 bits per heavy atom. The van der Waals surface area contributed by atoms with Crippen LogP contribution in [0.15, 0.2) is 18.3 Å². The van der Waals surface area contributed by atoms with Crippen LogP contribution in [0.2, 0.25) is 0 Å². The maximum atomic E-state index is 12.2. The SMILES string of the molecule is COc1ncccc1C(=O)NC1CCCNC1C. The summed E-state index contributed by atoms with van der Waals surface area (Å²) >= 11 is 0. The zero-order valence-corrected chi connectivity index (χ0v) is 10.8. The third-order valence-electron chi connectivity index (χ3n) is 3.29. The summed E-state index contributed by atoms with van der Waals surface area (Å²) < 4.78 is 5.09. The van der Waals surface area contributed by atoms with Gasteiger partial charge in [-0.3, -0.25) is 4.79 Å². The average Bonchev–Trinajstić information content (AvgIpc) is 2.41. The van der Waals surface area contributed by atoms with Crippen molar-refractivity contribution in [1.29, 1.82) is 0 Å². The molecule has 98 valence electrons. The second kappa shape index (κ2) is 5.82. The first-order valence-corrected chi connectivity index (χ1v) is 6.25. The molecular formula is C13H19N3O2. The van der Waals surface area contributed by atoms with E-state index < -0.39 is 0 Å². The smallest absolute Gasteiger partial charge is 0.257 e. The maximum absolute atomic E-state index is 12.2. The van der Waals surface area contributed by atoms with Gasteiger partial charge in [-0.25, -0.2) is 4.98 Å². The Morgan fingerprint density at radius 2 is 2.44 bits per heavy atom. The van der Waals surface area contributed by atoms with Crippen LogP contribution in [-0.4, -0.2) is 36.6 Å². The lowest BCUT2D eigenvalue weighted by Crippen LogP contribution is -2.51. The van der Waals surface area contributed by atoms with Gasteiger partial charge in [-0.1, -0.05) is 0 Å². The van der Waals surface area contributed by atoms with Gasteiger partial charge in [0.1, 0.15) is 5.56 Å². The van der Waals surface area contributed by atoms with E-state index in [0.29, 0.717) is 17.5 Å². The fourth-order valence-electron chi connectivity index (χ4n) is 2.21. The van der Waals surface area contributed by atoms with E-state index in [0.717, 1.165) is 19.4 Å². The topological polar surface area (TPSA) is 63.2 Å². The van der Waals surface area contributed by atoms with Gasteiger partial charge < -0.3 is 15.4 Å². The number of nitrogens with one attached hydrogen (secondary N) is 2. The number of carbonyl (C=O) groups is 1. The number of nitrogens with zero attached hydrogens (tertiary/aromatic N) is 1. The van der Waals surface area contributed by atoms with E-state index in [9.17, 15) is 4.79 Å². The van der Waals surface area contributed by atoms with Crippen LogP contribution in [0.4, 0.5) is 0 Å². The van der Waals surface area contributed by atoms with Gasteiger partial charge in [-0.2, -0.15) is 0 Å². The Hall–Kier alpha value is -1.62. The molecule has 0 saturated carbocycles. The molecule has 1 amide bonds. The van der Waals surface area contributed by atoms with Crippen LogP contribution in [0, 0.1) is 0 Å². The van der Waals surface area contributed by atoms with Crippen molar-refractivity contribution in [1.82, 2.24) is 15.6 Å². The first-order valence-electron chi connectivity index (χ1n) is 6.25. The number of hydrogen-bond donors (Lipinski definition) is 2. The summed E-state index contributed by atoms with van der Waals surface area (Å²) in [5.74, 6) is 0.243. The molecule has 5 nitrogen and oxygen atoms in total. The van der Waals surface area contributed by atoms with Crippen molar-refractivity contribution in [2.45, 2.75) is 31.8 Å². The molecular weight excluding hydrogens is 230 g/mol. The highest BCUT2D eigenvalue weighted by atomic mass is 16.5. The zero-order valence-electron chi connectivity index (χ0n) is 10.8. The van der Waals surface area contributed by atoms with Crippen molar-refractivity contribution in [3.8, 4) is 5.88 Å². The Bertz CT molecular complexity index is 422. The van der Waals surface area contributed by atoms with Gasteiger partial charge >= 0.3 is 0 Å². The summed E-state index contributed by atoms with van der Waals surface area (Å²) in [4.78, 5) is 16.2. The molecule has 1 aromatic rings. The lowest BCUT2D eigenvalue weighted by Gasteiger charge is -2.30. The molecule has 1 aliphatic heterocycles. The van der Waals surface area contributed by atoms with Gasteiger partial charge in [0.05, 0.1) is 7.11 Å². The van der Waals surface area contributed by atoms with Gasteiger partial charge in [0, 0.05) is 18.3 Å². The van der Waals surface area contributed by atoms with E-state index in [4.69, 9.17) is 4.74 Å². The molecule has 5 heteroatoms. The van der Waals surface area contributed by atoms with Crippen LogP contribution in [0.25, 0.3) is 0 Å². The third kappa shape index (κ3) is 2.79. The molecule has 1 aliphatic rings. The van der Waals surface area contributed by atoms with Gasteiger partial charge in [0.2, 0.25) is 5.88 Å². The van der Waals surface area contributed by atoms with Gasteiger partial charge in [-0.05, 0) is 38.4 Å². The molecule has 0 radical (unpaired) electrons. The minimum absolute atomic E-state index is 0.125. The summed E-state index contributed by atoms with van der Waals surface area (Å²) in [5, 5.41) is 6.39. The van der Waals surface area contributed by atoms with Gasteiger partial charge in [0.15, 0.2) is 0 Å². The molecule has 2 atom stereocenters. The number of rotatable bonds is 3. The molecule has 0 aliphatic carbocycles. The van der Waals surface area contributed by atoms with Crippen LogP contribution >= 0.6 is 0 Å². The highest BCUT2D eigenvalue weighted by molar-refractivity contribution is 5.96. The zero-order chi connectivity index (χ0) is 13.0. The van der Waals surface area contributed by atoms with Crippen LogP contribution < -0.4 is 15.4 Å². The minimum atomic E-state index is -0.125. The summed E-state index contributed by atoms with van der Waals surface area (Å²) in [6.45, 7) is 3.11. The molecule has 2 N–H and O–H groups in total. The molecule has 18 heavy (non-hydrogen) atoms. The normalized spacial score (nSPS) is 23.4. The van der Waals surface area contributed by atoms with Crippen molar-refractivity contribution < 1.29 is 9.53 Å². The molecule has 0 aromatic carbocycles. The first kappa shape index (κ1) is 12.8. The number of ether oxygens (including phenoxy) is 1. The predicted molar refractivity (Wildman–Crippen MR) is 68.7 cm³/mol. The second-order valence-corrected chi connectivity index (χ2v) is 4.53. The highest BCUT2D eigenvalue weighted by Crippen LogP contribution is 2.15. The standard InChI is InChI=1S/C13H19N3O2/c1-9-11(6-4-7-14-9)16-12(17)10-5-3-8-15-13(10)18-2/h3,5,8-9,11,14H,4,6-7H2,1-2H3,(H,16,17). The van der Waals surface area contributed by atoms with E-state index in [1.54, 1.807) is 18.3 Å². The number of carbonyl (C=O) groups excluding carboxylic acids is 1. The van der Waals surface area contributed by atoms with Crippen LogP contribution in [0.1, 0.15) is 30.1 Å². The van der Waals surface area contributed by atoms with Crippen LogP contribution in [0.3, 0.4) is 0 Å². The number of pyridine rings is 1. The van der Waals surface area contributed by atoms with Gasteiger partial charge in [0.25, 0.3) is 5.91 Å².